The van der Waals surface area contributed by atoms with Crippen molar-refractivity contribution in [3.05, 3.63) is 0 Å². The average Bonchev–Trinajstić information content (AvgIpc) is 2.18. The molecule has 1 aliphatic heterocycles. The second-order valence-electron chi connectivity index (χ2n) is 5.26. The third-order valence-corrected chi connectivity index (χ3v) is 3.45. The van der Waals surface area contributed by atoms with Crippen molar-refractivity contribution in [3.8, 4) is 0 Å². The van der Waals surface area contributed by atoms with Gasteiger partial charge < -0.3 is 16.0 Å². The van der Waals surface area contributed by atoms with E-state index >= 15 is 0 Å². The lowest BCUT2D eigenvalue weighted by Gasteiger charge is -2.31. The molecule has 3 heteroatoms. The fraction of sp³-hybridized carbons (Fsp3) is 1.00. The number of piperidine rings is 1. The van der Waals surface area contributed by atoms with E-state index in [4.69, 9.17) is 5.73 Å². The highest BCUT2D eigenvalue weighted by molar-refractivity contribution is 4.77. The summed E-state index contributed by atoms with van der Waals surface area (Å²) in [5.74, 6) is 1.45. The molecule has 2 atom stereocenters. The summed E-state index contributed by atoms with van der Waals surface area (Å²) in [6, 6.07) is 0.484. The molecule has 1 heterocycles. The first kappa shape index (κ1) is 12.9. The first-order valence-corrected chi connectivity index (χ1v) is 6.25. The van der Waals surface area contributed by atoms with Crippen molar-refractivity contribution in [2.24, 2.45) is 17.6 Å². The smallest absolute Gasteiger partial charge is 0.0213 e. The Labute approximate surface area is 94.4 Å². The van der Waals surface area contributed by atoms with Gasteiger partial charge in [0.2, 0.25) is 0 Å². The molecular formula is C12H27N3. The molecule has 0 aromatic heterocycles. The molecule has 90 valence electrons. The Morgan fingerprint density at radius 1 is 1.47 bits per heavy atom. The maximum atomic E-state index is 5.74. The molecule has 3 N–H and O–H groups in total. The molecule has 0 aliphatic carbocycles. The van der Waals surface area contributed by atoms with Crippen LogP contribution in [-0.2, 0) is 0 Å². The zero-order valence-electron chi connectivity index (χ0n) is 10.5. The van der Waals surface area contributed by atoms with Gasteiger partial charge in [0, 0.05) is 19.1 Å². The Morgan fingerprint density at radius 2 is 2.20 bits per heavy atom. The van der Waals surface area contributed by atoms with E-state index in [0.29, 0.717) is 12.0 Å². The van der Waals surface area contributed by atoms with Crippen LogP contribution in [0.25, 0.3) is 0 Å². The summed E-state index contributed by atoms with van der Waals surface area (Å²) in [5.41, 5.74) is 5.74. The van der Waals surface area contributed by atoms with Gasteiger partial charge in [0.15, 0.2) is 0 Å². The van der Waals surface area contributed by atoms with Crippen LogP contribution in [0.4, 0.5) is 0 Å². The van der Waals surface area contributed by atoms with E-state index in [-0.39, 0.29) is 0 Å². The summed E-state index contributed by atoms with van der Waals surface area (Å²) in [6.45, 7) is 8.85. The van der Waals surface area contributed by atoms with E-state index in [0.717, 1.165) is 19.0 Å². The van der Waals surface area contributed by atoms with Crippen LogP contribution in [0.5, 0.6) is 0 Å². The third kappa shape index (κ3) is 4.49. The van der Waals surface area contributed by atoms with Crippen molar-refractivity contribution < 1.29 is 0 Å². The highest BCUT2D eigenvalue weighted by Gasteiger charge is 2.18. The lowest BCUT2D eigenvalue weighted by Crippen LogP contribution is -2.45. The molecule has 3 nitrogen and oxygen atoms in total. The average molecular weight is 213 g/mol. The lowest BCUT2D eigenvalue weighted by atomic mass is 9.97. The molecule has 0 radical (unpaired) electrons. The van der Waals surface area contributed by atoms with Gasteiger partial charge in [0.05, 0.1) is 0 Å². The van der Waals surface area contributed by atoms with Gasteiger partial charge >= 0.3 is 0 Å². The predicted octanol–water partition coefficient (Wildman–Crippen LogP) is 0.901. The Kier molecular flexibility index (Phi) is 5.58. The van der Waals surface area contributed by atoms with Gasteiger partial charge in [-0.25, -0.2) is 0 Å². The van der Waals surface area contributed by atoms with Crippen LogP contribution in [0.1, 0.15) is 26.7 Å². The summed E-state index contributed by atoms with van der Waals surface area (Å²) in [5, 5.41) is 3.61. The van der Waals surface area contributed by atoms with Gasteiger partial charge in [-0.05, 0) is 44.8 Å². The van der Waals surface area contributed by atoms with Crippen molar-refractivity contribution in [2.75, 3.05) is 33.2 Å². The first-order chi connectivity index (χ1) is 7.13. The van der Waals surface area contributed by atoms with Crippen LogP contribution in [0.3, 0.4) is 0 Å². The fourth-order valence-corrected chi connectivity index (χ4v) is 2.35. The Hall–Kier alpha value is -0.120. The summed E-state index contributed by atoms with van der Waals surface area (Å²) in [4.78, 5) is 2.43. The molecule has 0 aromatic carbocycles. The van der Waals surface area contributed by atoms with Crippen LogP contribution in [0.2, 0.25) is 0 Å². The third-order valence-electron chi connectivity index (χ3n) is 3.45. The van der Waals surface area contributed by atoms with E-state index in [1.807, 2.05) is 0 Å². The number of rotatable bonds is 5. The number of likely N-dealkylation sites (tertiary alicyclic amines) is 1. The molecule has 1 saturated heterocycles. The number of hydrogen-bond acceptors (Lipinski definition) is 3. The molecule has 0 amide bonds. The van der Waals surface area contributed by atoms with E-state index in [9.17, 15) is 0 Å². The SMILES string of the molecule is CC(C)C(CN)NCC1CCCN(C)C1. The number of nitrogens with one attached hydrogen (secondary N) is 1. The zero-order chi connectivity index (χ0) is 11.3. The minimum Gasteiger partial charge on any atom is -0.329 e. The molecule has 0 saturated carbocycles. The molecular weight excluding hydrogens is 186 g/mol. The molecule has 0 spiro atoms. The van der Waals surface area contributed by atoms with Crippen molar-refractivity contribution in [1.82, 2.24) is 10.2 Å². The van der Waals surface area contributed by atoms with Gasteiger partial charge in [-0.15, -0.1) is 0 Å². The van der Waals surface area contributed by atoms with Gasteiger partial charge in [0.25, 0.3) is 0 Å². The Bertz CT molecular complexity index is 170. The zero-order valence-corrected chi connectivity index (χ0v) is 10.5. The summed E-state index contributed by atoms with van der Waals surface area (Å²) >= 11 is 0. The second kappa shape index (κ2) is 6.46. The molecule has 2 unspecified atom stereocenters. The van der Waals surface area contributed by atoms with Crippen LogP contribution in [0.15, 0.2) is 0 Å². The lowest BCUT2D eigenvalue weighted by molar-refractivity contribution is 0.199. The molecule has 1 aliphatic rings. The summed E-state index contributed by atoms with van der Waals surface area (Å²) < 4.78 is 0. The molecule has 1 rings (SSSR count). The number of nitrogens with two attached hydrogens (primary N) is 1. The summed E-state index contributed by atoms with van der Waals surface area (Å²) in [6.07, 6.45) is 2.71. The maximum Gasteiger partial charge on any atom is 0.0213 e. The van der Waals surface area contributed by atoms with Gasteiger partial charge in [-0.3, -0.25) is 0 Å². The number of nitrogens with zero attached hydrogens (tertiary/aromatic N) is 1. The van der Waals surface area contributed by atoms with Gasteiger partial charge in [-0.1, -0.05) is 13.8 Å². The standard InChI is InChI=1S/C12H27N3/c1-10(2)12(7-13)14-8-11-5-4-6-15(3)9-11/h10-12,14H,4-9,13H2,1-3H3. The molecule has 0 bridgehead atoms. The Morgan fingerprint density at radius 3 is 2.73 bits per heavy atom. The van der Waals surface area contributed by atoms with Gasteiger partial charge in [-0.2, -0.15) is 0 Å². The van der Waals surface area contributed by atoms with E-state index in [1.165, 1.54) is 25.9 Å². The van der Waals surface area contributed by atoms with E-state index < -0.39 is 0 Å². The Balaban J connectivity index is 2.23. The largest absolute Gasteiger partial charge is 0.329 e. The van der Waals surface area contributed by atoms with E-state index in [1.54, 1.807) is 0 Å². The maximum absolute atomic E-state index is 5.74. The topological polar surface area (TPSA) is 41.3 Å². The minimum atomic E-state index is 0.484. The monoisotopic (exact) mass is 213 g/mol. The van der Waals surface area contributed by atoms with Crippen molar-refractivity contribution in [1.29, 1.82) is 0 Å². The normalized spacial score (nSPS) is 25.8. The second-order valence-corrected chi connectivity index (χ2v) is 5.26. The number of hydrogen-bond donors (Lipinski definition) is 2. The summed E-state index contributed by atoms with van der Waals surface area (Å²) in [7, 11) is 2.22. The minimum absolute atomic E-state index is 0.484. The fourth-order valence-electron chi connectivity index (χ4n) is 2.35. The van der Waals surface area contributed by atoms with Crippen molar-refractivity contribution in [3.63, 3.8) is 0 Å². The van der Waals surface area contributed by atoms with Crippen LogP contribution in [0, 0.1) is 11.8 Å². The highest BCUT2D eigenvalue weighted by atomic mass is 15.1. The van der Waals surface area contributed by atoms with E-state index in [2.05, 4.69) is 31.1 Å². The highest BCUT2D eigenvalue weighted by Crippen LogP contribution is 2.14. The van der Waals surface area contributed by atoms with Crippen molar-refractivity contribution in [2.45, 2.75) is 32.7 Å². The molecule has 1 fully saturated rings. The molecule has 15 heavy (non-hydrogen) atoms. The quantitative estimate of drug-likeness (QED) is 0.713. The van der Waals surface area contributed by atoms with Crippen LogP contribution >= 0.6 is 0 Å². The first-order valence-electron chi connectivity index (χ1n) is 6.25. The van der Waals surface area contributed by atoms with Gasteiger partial charge in [0.1, 0.15) is 0 Å². The predicted molar refractivity (Wildman–Crippen MR) is 65.9 cm³/mol. The van der Waals surface area contributed by atoms with Crippen LogP contribution in [-0.4, -0.2) is 44.2 Å². The van der Waals surface area contributed by atoms with Crippen LogP contribution < -0.4 is 11.1 Å². The van der Waals surface area contributed by atoms with Crippen molar-refractivity contribution >= 4 is 0 Å². The molecule has 0 aromatic rings.